The van der Waals surface area contributed by atoms with Crippen molar-refractivity contribution in [2.45, 2.75) is 38.3 Å². The van der Waals surface area contributed by atoms with E-state index >= 15 is 0 Å². The number of halogens is 1. The smallest absolute Gasteiger partial charge is 0.125 e. The number of nitrogens with zero attached hydrogens (tertiary/aromatic N) is 2. The minimum Gasteiger partial charge on any atom is -0.384 e. The van der Waals surface area contributed by atoms with E-state index in [1.807, 2.05) is 0 Å². The lowest BCUT2D eigenvalue weighted by Gasteiger charge is -2.48. The molecular formula is C16H23FN4. The van der Waals surface area contributed by atoms with Gasteiger partial charge < -0.3 is 10.6 Å². The summed E-state index contributed by atoms with van der Waals surface area (Å²) in [5, 5.41) is 7.71. The van der Waals surface area contributed by atoms with Crippen molar-refractivity contribution in [1.29, 1.82) is 5.41 Å². The van der Waals surface area contributed by atoms with Crippen LogP contribution in [-0.4, -0.2) is 42.5 Å². The third kappa shape index (κ3) is 2.75. The number of anilines is 1. The molecule has 0 saturated carbocycles. The lowest BCUT2D eigenvalue weighted by Crippen LogP contribution is -2.59. The second-order valence-electron chi connectivity index (χ2n) is 6.22. The first-order valence-electron chi connectivity index (χ1n) is 7.71. The van der Waals surface area contributed by atoms with Gasteiger partial charge in [0.05, 0.1) is 0 Å². The molecular weight excluding hydrogens is 267 g/mol. The number of fused-ring (bicyclic) bond motifs is 1. The number of benzene rings is 1. The van der Waals surface area contributed by atoms with Crippen LogP contribution in [0, 0.1) is 11.2 Å². The summed E-state index contributed by atoms with van der Waals surface area (Å²) in [7, 11) is 0. The molecule has 2 unspecified atom stereocenters. The predicted octanol–water partition coefficient (Wildman–Crippen LogP) is 2.17. The summed E-state index contributed by atoms with van der Waals surface area (Å²) in [4.78, 5) is 4.87. The first-order chi connectivity index (χ1) is 10.1. The maximum atomic E-state index is 13.5. The fourth-order valence-corrected chi connectivity index (χ4v) is 3.66. The second-order valence-corrected chi connectivity index (χ2v) is 6.22. The van der Waals surface area contributed by atoms with E-state index in [0.717, 1.165) is 18.8 Å². The van der Waals surface area contributed by atoms with Crippen molar-refractivity contribution < 1.29 is 4.39 Å². The van der Waals surface area contributed by atoms with Crippen LogP contribution in [0.15, 0.2) is 18.2 Å². The van der Waals surface area contributed by atoms with Crippen LogP contribution in [-0.2, 0) is 0 Å². The summed E-state index contributed by atoms with van der Waals surface area (Å²) in [5.74, 6) is -0.407. The molecule has 1 aromatic rings. The van der Waals surface area contributed by atoms with E-state index in [1.165, 1.54) is 37.9 Å². The third-order valence-corrected chi connectivity index (χ3v) is 4.75. The largest absolute Gasteiger partial charge is 0.384 e. The fraction of sp³-hybridized carbons (Fsp3) is 0.562. The standard InChI is InChI=1S/C16H23FN4/c1-11-9-20-7-3-2-4-13(20)10-21(11)15-6-5-12(17)8-14(15)16(18)19/h5-6,8,11,13H,2-4,7,9-10H2,1H3,(H3,18,19). The van der Waals surface area contributed by atoms with Crippen LogP contribution < -0.4 is 10.6 Å². The number of piperazine rings is 1. The molecule has 1 aromatic carbocycles. The predicted molar refractivity (Wildman–Crippen MR) is 83.4 cm³/mol. The topological polar surface area (TPSA) is 56.4 Å². The van der Waals surface area contributed by atoms with Crippen LogP contribution >= 0.6 is 0 Å². The van der Waals surface area contributed by atoms with Crippen LogP contribution in [0.5, 0.6) is 0 Å². The molecule has 0 spiro atoms. The SMILES string of the molecule is CC1CN2CCCCC2CN1c1ccc(F)cc1C(=N)N. The Hall–Kier alpha value is -1.62. The summed E-state index contributed by atoms with van der Waals surface area (Å²) in [5.41, 5.74) is 7.04. The minimum absolute atomic E-state index is 0.0669. The van der Waals surface area contributed by atoms with Gasteiger partial charge in [0.25, 0.3) is 0 Å². The zero-order valence-electron chi connectivity index (χ0n) is 12.5. The Morgan fingerprint density at radius 1 is 1.33 bits per heavy atom. The Labute approximate surface area is 125 Å². The number of nitrogens with two attached hydrogens (primary N) is 1. The van der Waals surface area contributed by atoms with Crippen molar-refractivity contribution in [3.63, 3.8) is 0 Å². The molecule has 2 aliphatic heterocycles. The van der Waals surface area contributed by atoms with E-state index in [9.17, 15) is 4.39 Å². The van der Waals surface area contributed by atoms with Gasteiger partial charge in [0.1, 0.15) is 11.7 Å². The molecule has 2 fully saturated rings. The van der Waals surface area contributed by atoms with Gasteiger partial charge in [-0.3, -0.25) is 10.3 Å². The van der Waals surface area contributed by atoms with Gasteiger partial charge in [0.2, 0.25) is 0 Å². The van der Waals surface area contributed by atoms with E-state index in [1.54, 1.807) is 6.07 Å². The van der Waals surface area contributed by atoms with Gasteiger partial charge in [-0.2, -0.15) is 0 Å². The zero-order valence-corrected chi connectivity index (χ0v) is 12.5. The van der Waals surface area contributed by atoms with Crippen molar-refractivity contribution >= 4 is 11.5 Å². The lowest BCUT2D eigenvalue weighted by atomic mass is 9.96. The third-order valence-electron chi connectivity index (χ3n) is 4.75. The van der Waals surface area contributed by atoms with Gasteiger partial charge in [-0.05, 0) is 44.5 Å². The number of nitrogens with one attached hydrogen (secondary N) is 1. The molecule has 2 atom stereocenters. The molecule has 3 rings (SSSR count). The molecule has 0 radical (unpaired) electrons. The summed E-state index contributed by atoms with van der Waals surface area (Å²) < 4.78 is 13.5. The molecule has 0 amide bonds. The van der Waals surface area contributed by atoms with Gasteiger partial charge in [-0.1, -0.05) is 6.42 Å². The average molecular weight is 290 g/mol. The van der Waals surface area contributed by atoms with Crippen molar-refractivity contribution in [3.05, 3.63) is 29.6 Å². The number of rotatable bonds is 2. The number of hydrogen-bond donors (Lipinski definition) is 2. The highest BCUT2D eigenvalue weighted by Gasteiger charge is 2.33. The molecule has 0 aliphatic carbocycles. The maximum Gasteiger partial charge on any atom is 0.125 e. The Morgan fingerprint density at radius 2 is 2.14 bits per heavy atom. The quantitative estimate of drug-likeness (QED) is 0.648. The molecule has 0 bridgehead atoms. The van der Waals surface area contributed by atoms with E-state index in [-0.39, 0.29) is 11.7 Å². The summed E-state index contributed by atoms with van der Waals surface area (Å²) in [6, 6.07) is 5.52. The van der Waals surface area contributed by atoms with Gasteiger partial charge in [0.15, 0.2) is 0 Å². The molecule has 4 nitrogen and oxygen atoms in total. The average Bonchev–Trinajstić information content (AvgIpc) is 2.46. The van der Waals surface area contributed by atoms with Gasteiger partial charge in [-0.25, -0.2) is 4.39 Å². The highest BCUT2D eigenvalue weighted by molar-refractivity contribution is 6.00. The van der Waals surface area contributed by atoms with Crippen LogP contribution in [0.1, 0.15) is 31.7 Å². The van der Waals surface area contributed by atoms with E-state index in [2.05, 4.69) is 16.7 Å². The highest BCUT2D eigenvalue weighted by atomic mass is 19.1. The Bertz CT molecular complexity index is 545. The molecule has 114 valence electrons. The van der Waals surface area contributed by atoms with E-state index < -0.39 is 0 Å². The van der Waals surface area contributed by atoms with Gasteiger partial charge in [0, 0.05) is 36.4 Å². The monoisotopic (exact) mass is 290 g/mol. The number of amidine groups is 1. The fourth-order valence-electron chi connectivity index (χ4n) is 3.66. The van der Waals surface area contributed by atoms with Crippen LogP contribution in [0.4, 0.5) is 10.1 Å². The lowest BCUT2D eigenvalue weighted by molar-refractivity contribution is 0.115. The normalized spacial score (nSPS) is 26.5. The van der Waals surface area contributed by atoms with Gasteiger partial charge >= 0.3 is 0 Å². The first-order valence-corrected chi connectivity index (χ1v) is 7.71. The van der Waals surface area contributed by atoms with Gasteiger partial charge in [-0.15, -0.1) is 0 Å². The summed E-state index contributed by atoms with van der Waals surface area (Å²) >= 11 is 0. The van der Waals surface area contributed by atoms with Crippen LogP contribution in [0.2, 0.25) is 0 Å². The van der Waals surface area contributed by atoms with Crippen LogP contribution in [0.25, 0.3) is 0 Å². The Balaban J connectivity index is 1.91. The molecule has 2 saturated heterocycles. The first kappa shape index (κ1) is 14.3. The minimum atomic E-state index is -0.340. The second kappa shape index (κ2) is 5.64. The molecule has 5 heteroatoms. The highest BCUT2D eigenvalue weighted by Crippen LogP contribution is 2.30. The number of hydrogen-bond acceptors (Lipinski definition) is 3. The Kier molecular flexibility index (Phi) is 3.85. The van der Waals surface area contributed by atoms with Crippen LogP contribution in [0.3, 0.4) is 0 Å². The zero-order chi connectivity index (χ0) is 15.0. The maximum absolute atomic E-state index is 13.5. The molecule has 3 N–H and O–H groups in total. The van der Waals surface area contributed by atoms with Crippen molar-refractivity contribution in [1.82, 2.24) is 4.90 Å². The molecule has 0 aromatic heterocycles. The summed E-state index contributed by atoms with van der Waals surface area (Å²) in [6.07, 6.45) is 3.80. The van der Waals surface area contributed by atoms with Crippen molar-refractivity contribution in [3.8, 4) is 0 Å². The van der Waals surface area contributed by atoms with E-state index in [4.69, 9.17) is 11.1 Å². The number of piperidine rings is 1. The van der Waals surface area contributed by atoms with Crippen molar-refractivity contribution in [2.75, 3.05) is 24.5 Å². The molecule has 2 aliphatic rings. The number of nitrogen functional groups attached to an aromatic ring is 1. The van der Waals surface area contributed by atoms with E-state index in [0.29, 0.717) is 17.6 Å². The molecule has 2 heterocycles. The molecule has 21 heavy (non-hydrogen) atoms. The Morgan fingerprint density at radius 3 is 2.90 bits per heavy atom. The summed E-state index contributed by atoms with van der Waals surface area (Å²) in [6.45, 7) is 5.34. The van der Waals surface area contributed by atoms with Crippen molar-refractivity contribution in [2.24, 2.45) is 5.73 Å².